The summed E-state index contributed by atoms with van der Waals surface area (Å²) < 4.78 is 5.17. The molecule has 0 aromatic carbocycles. The Hall–Kier alpha value is -2.37. The van der Waals surface area contributed by atoms with Gasteiger partial charge in [-0.25, -0.2) is 4.98 Å². The molecule has 104 valence electrons. The van der Waals surface area contributed by atoms with Crippen LogP contribution in [-0.2, 0) is 4.79 Å². The molecular weight excluding hydrogens is 256 g/mol. The number of pyridine rings is 2. The second-order valence-corrected chi connectivity index (χ2v) is 4.81. The van der Waals surface area contributed by atoms with Crippen LogP contribution in [0.1, 0.15) is 12.8 Å². The standard InChI is InChI=1S/C14H16N4O2/c1-20-12-5-4-9-13(17-12)10(6-7-16-9)18-8-2-3-11(18)14(15)19/h4-7,11H,2-3,8H2,1H3,(H2,15,19)/t11-/m0/s1. The summed E-state index contributed by atoms with van der Waals surface area (Å²) in [6, 6.07) is 5.23. The Morgan fingerprint density at radius 2 is 2.30 bits per heavy atom. The van der Waals surface area contributed by atoms with Crippen molar-refractivity contribution in [2.24, 2.45) is 5.73 Å². The second kappa shape index (κ2) is 4.96. The molecule has 3 heterocycles. The van der Waals surface area contributed by atoms with Crippen molar-refractivity contribution in [3.8, 4) is 5.88 Å². The monoisotopic (exact) mass is 272 g/mol. The van der Waals surface area contributed by atoms with Gasteiger partial charge in [0.2, 0.25) is 11.8 Å². The molecule has 1 aliphatic rings. The van der Waals surface area contributed by atoms with Gasteiger partial charge in [-0.15, -0.1) is 0 Å². The minimum Gasteiger partial charge on any atom is -0.481 e. The van der Waals surface area contributed by atoms with E-state index in [-0.39, 0.29) is 11.9 Å². The minimum absolute atomic E-state index is 0.270. The van der Waals surface area contributed by atoms with Crippen LogP contribution in [0.25, 0.3) is 11.0 Å². The van der Waals surface area contributed by atoms with Crippen LogP contribution in [0.4, 0.5) is 5.69 Å². The lowest BCUT2D eigenvalue weighted by Crippen LogP contribution is -2.40. The third-order valence-electron chi connectivity index (χ3n) is 3.64. The highest BCUT2D eigenvalue weighted by Gasteiger charge is 2.30. The molecule has 2 N–H and O–H groups in total. The number of methoxy groups -OCH3 is 1. The van der Waals surface area contributed by atoms with Crippen molar-refractivity contribution in [1.82, 2.24) is 9.97 Å². The van der Waals surface area contributed by atoms with Crippen LogP contribution < -0.4 is 15.4 Å². The van der Waals surface area contributed by atoms with Gasteiger partial charge in [0.05, 0.1) is 18.3 Å². The van der Waals surface area contributed by atoms with E-state index in [1.165, 1.54) is 0 Å². The number of carbonyl (C=O) groups excluding carboxylic acids is 1. The van der Waals surface area contributed by atoms with Gasteiger partial charge >= 0.3 is 0 Å². The average molecular weight is 272 g/mol. The summed E-state index contributed by atoms with van der Waals surface area (Å²) in [6.07, 6.45) is 3.45. The van der Waals surface area contributed by atoms with E-state index in [2.05, 4.69) is 9.97 Å². The summed E-state index contributed by atoms with van der Waals surface area (Å²) in [4.78, 5) is 22.3. The number of nitrogens with two attached hydrogens (primary N) is 1. The fourth-order valence-electron chi connectivity index (χ4n) is 2.69. The van der Waals surface area contributed by atoms with Gasteiger partial charge in [-0.1, -0.05) is 0 Å². The van der Waals surface area contributed by atoms with Crippen LogP contribution in [0.5, 0.6) is 5.88 Å². The number of nitrogens with zero attached hydrogens (tertiary/aromatic N) is 3. The van der Waals surface area contributed by atoms with Crippen LogP contribution in [-0.4, -0.2) is 35.6 Å². The normalized spacial score (nSPS) is 18.4. The summed E-state index contributed by atoms with van der Waals surface area (Å²) in [5.41, 5.74) is 7.88. The zero-order chi connectivity index (χ0) is 14.1. The number of hydrogen-bond acceptors (Lipinski definition) is 5. The predicted octanol–water partition coefficient (Wildman–Crippen LogP) is 1.09. The van der Waals surface area contributed by atoms with Crippen molar-refractivity contribution in [1.29, 1.82) is 0 Å². The van der Waals surface area contributed by atoms with E-state index in [9.17, 15) is 4.79 Å². The van der Waals surface area contributed by atoms with E-state index >= 15 is 0 Å². The zero-order valence-corrected chi connectivity index (χ0v) is 11.2. The van der Waals surface area contributed by atoms with E-state index < -0.39 is 0 Å². The van der Waals surface area contributed by atoms with Crippen LogP contribution in [0.15, 0.2) is 24.4 Å². The number of primary amides is 1. The van der Waals surface area contributed by atoms with Gasteiger partial charge in [0.15, 0.2) is 0 Å². The third kappa shape index (κ3) is 2.03. The lowest BCUT2D eigenvalue weighted by atomic mass is 10.2. The molecule has 20 heavy (non-hydrogen) atoms. The highest BCUT2D eigenvalue weighted by Crippen LogP contribution is 2.31. The highest BCUT2D eigenvalue weighted by molar-refractivity contribution is 5.92. The molecule has 0 bridgehead atoms. The molecule has 2 aromatic heterocycles. The van der Waals surface area contributed by atoms with Crippen molar-refractivity contribution < 1.29 is 9.53 Å². The van der Waals surface area contributed by atoms with Crippen LogP contribution in [0.3, 0.4) is 0 Å². The van der Waals surface area contributed by atoms with Gasteiger partial charge in [-0.2, -0.15) is 0 Å². The van der Waals surface area contributed by atoms with E-state index in [1.54, 1.807) is 19.4 Å². The summed E-state index contributed by atoms with van der Waals surface area (Å²) in [5, 5.41) is 0. The van der Waals surface area contributed by atoms with E-state index in [0.29, 0.717) is 5.88 Å². The Bertz CT molecular complexity index is 659. The van der Waals surface area contributed by atoms with Gasteiger partial charge in [0.25, 0.3) is 0 Å². The predicted molar refractivity (Wildman–Crippen MR) is 75.7 cm³/mol. The molecule has 0 saturated carbocycles. The molecule has 3 rings (SSSR count). The maximum absolute atomic E-state index is 11.6. The van der Waals surface area contributed by atoms with Crippen molar-refractivity contribution >= 4 is 22.6 Å². The number of aromatic nitrogens is 2. The van der Waals surface area contributed by atoms with Crippen molar-refractivity contribution in [3.05, 3.63) is 24.4 Å². The van der Waals surface area contributed by atoms with Crippen molar-refractivity contribution in [2.45, 2.75) is 18.9 Å². The molecule has 0 radical (unpaired) electrons. The van der Waals surface area contributed by atoms with Crippen molar-refractivity contribution in [3.63, 3.8) is 0 Å². The molecule has 2 aromatic rings. The maximum atomic E-state index is 11.6. The van der Waals surface area contributed by atoms with E-state index in [1.807, 2.05) is 17.0 Å². The summed E-state index contributed by atoms with van der Waals surface area (Å²) in [6.45, 7) is 0.797. The fraction of sp³-hybridized carbons (Fsp3) is 0.357. The Kier molecular flexibility index (Phi) is 3.14. The molecule has 1 atom stereocenters. The van der Waals surface area contributed by atoms with Gasteiger partial charge < -0.3 is 15.4 Å². The van der Waals surface area contributed by atoms with Crippen LogP contribution >= 0.6 is 0 Å². The maximum Gasteiger partial charge on any atom is 0.240 e. The Morgan fingerprint density at radius 3 is 3.05 bits per heavy atom. The molecule has 0 aliphatic carbocycles. The number of hydrogen-bond donors (Lipinski definition) is 1. The number of fused-ring (bicyclic) bond motifs is 1. The number of ether oxygens (including phenoxy) is 1. The summed E-state index contributed by atoms with van der Waals surface area (Å²) in [5.74, 6) is 0.233. The molecule has 1 aliphatic heterocycles. The van der Waals surface area contributed by atoms with Crippen LogP contribution in [0, 0.1) is 0 Å². The number of anilines is 1. The lowest BCUT2D eigenvalue weighted by Gasteiger charge is -2.25. The minimum atomic E-state index is -0.296. The van der Waals surface area contributed by atoms with E-state index in [0.717, 1.165) is 36.1 Å². The van der Waals surface area contributed by atoms with Gasteiger partial charge in [-0.05, 0) is 25.0 Å². The second-order valence-electron chi connectivity index (χ2n) is 4.81. The van der Waals surface area contributed by atoms with Crippen LogP contribution in [0.2, 0.25) is 0 Å². The Balaban J connectivity index is 2.13. The first-order chi connectivity index (χ1) is 9.70. The largest absolute Gasteiger partial charge is 0.481 e. The quantitative estimate of drug-likeness (QED) is 0.904. The molecule has 1 saturated heterocycles. The first-order valence-corrected chi connectivity index (χ1v) is 6.56. The fourth-order valence-corrected chi connectivity index (χ4v) is 2.69. The average Bonchev–Trinajstić information content (AvgIpc) is 2.95. The molecule has 1 amide bonds. The zero-order valence-electron chi connectivity index (χ0n) is 11.2. The first kappa shape index (κ1) is 12.7. The molecule has 1 fully saturated rings. The molecule has 0 spiro atoms. The highest BCUT2D eigenvalue weighted by atomic mass is 16.5. The van der Waals surface area contributed by atoms with E-state index in [4.69, 9.17) is 10.5 Å². The molecule has 0 unspecified atom stereocenters. The van der Waals surface area contributed by atoms with Gasteiger partial charge in [-0.3, -0.25) is 9.78 Å². The summed E-state index contributed by atoms with van der Waals surface area (Å²) >= 11 is 0. The Labute approximate surface area is 116 Å². The SMILES string of the molecule is COc1ccc2nccc(N3CCC[C@H]3C(N)=O)c2n1. The number of amides is 1. The topological polar surface area (TPSA) is 81.3 Å². The van der Waals surface area contributed by atoms with Gasteiger partial charge in [0, 0.05) is 18.8 Å². The smallest absolute Gasteiger partial charge is 0.240 e. The number of rotatable bonds is 3. The van der Waals surface area contributed by atoms with Gasteiger partial charge in [0.1, 0.15) is 11.6 Å². The number of carbonyl (C=O) groups is 1. The molecular formula is C14H16N4O2. The lowest BCUT2D eigenvalue weighted by molar-refractivity contribution is -0.119. The third-order valence-corrected chi connectivity index (χ3v) is 3.64. The molecule has 6 nitrogen and oxygen atoms in total. The molecule has 6 heteroatoms. The summed E-state index contributed by atoms with van der Waals surface area (Å²) in [7, 11) is 1.58. The Morgan fingerprint density at radius 1 is 1.45 bits per heavy atom. The van der Waals surface area contributed by atoms with Crippen molar-refractivity contribution in [2.75, 3.05) is 18.6 Å². The first-order valence-electron chi connectivity index (χ1n) is 6.56.